The maximum atomic E-state index is 15.3. The summed E-state index contributed by atoms with van der Waals surface area (Å²) in [5.41, 5.74) is -10.8. The molecule has 6 N–H and O–H groups in total. The van der Waals surface area contributed by atoms with Gasteiger partial charge in [0.05, 0.1) is 33.9 Å². The third-order valence-electron chi connectivity index (χ3n) is 10.6. The fraction of sp³-hybridized carbons (Fsp3) is 0.211. The smallest absolute Gasteiger partial charge is 0.316 e. The Bertz CT molecular complexity index is 2920. The van der Waals surface area contributed by atoms with Gasteiger partial charge in [0, 0.05) is 24.0 Å². The van der Waals surface area contributed by atoms with Crippen LogP contribution in [-0.2, 0) is 51.7 Å². The van der Waals surface area contributed by atoms with Gasteiger partial charge < -0.3 is 10.6 Å². The molecule has 2 atom stereocenters. The van der Waals surface area contributed by atoms with Crippen LogP contribution in [0.1, 0.15) is 57.3 Å². The lowest BCUT2D eigenvalue weighted by Crippen LogP contribution is -2.44. The minimum atomic E-state index is -6.03. The third kappa shape index (κ3) is 8.21. The molecule has 0 aliphatic heterocycles. The molecule has 0 fully saturated rings. The fourth-order valence-electron chi connectivity index (χ4n) is 7.91. The molecule has 0 saturated heterocycles. The minimum absolute atomic E-state index is 0.0932. The van der Waals surface area contributed by atoms with Crippen molar-refractivity contribution in [3.8, 4) is 11.1 Å². The number of nitrogens with zero attached hydrogens (tertiary/aromatic N) is 2. The molecule has 0 radical (unpaired) electrons. The Kier molecular flexibility index (Phi) is 11.2. The van der Waals surface area contributed by atoms with Crippen molar-refractivity contribution >= 4 is 43.4 Å². The molecule has 0 spiro atoms. The van der Waals surface area contributed by atoms with Crippen LogP contribution in [0.4, 0.5) is 52.7 Å². The number of halogens is 12. The van der Waals surface area contributed by atoms with Gasteiger partial charge in [-0.25, -0.2) is 11.0 Å². The highest BCUT2D eigenvalue weighted by Crippen LogP contribution is 2.55. The molecule has 14 nitrogen and oxygen atoms in total. The van der Waals surface area contributed by atoms with Crippen LogP contribution < -0.4 is 10.6 Å². The van der Waals surface area contributed by atoms with Crippen molar-refractivity contribution in [3.05, 3.63) is 141 Å². The highest BCUT2D eigenvalue weighted by atomic mass is 32.2. The van der Waals surface area contributed by atoms with E-state index in [1.165, 1.54) is 10.6 Å². The van der Waals surface area contributed by atoms with Crippen LogP contribution in [0.3, 0.4) is 0 Å². The van der Waals surface area contributed by atoms with Crippen LogP contribution in [0.25, 0.3) is 22.5 Å². The molecule has 0 saturated carbocycles. The predicted octanol–water partition coefficient (Wildman–Crippen LogP) is 9.22. The van der Waals surface area contributed by atoms with Gasteiger partial charge in [-0.2, -0.15) is 79.7 Å². The van der Waals surface area contributed by atoms with Crippen molar-refractivity contribution in [2.75, 3.05) is 0 Å². The molecular weight excluding hydrogens is 961 g/mol. The average molecular weight is 985 g/mol. The number of rotatable bonds is 9. The van der Waals surface area contributed by atoms with Crippen LogP contribution >= 0.6 is 0 Å². The number of carbonyl (C=O) groups excluding carboxylic acids is 2. The zero-order valence-corrected chi connectivity index (χ0v) is 33.6. The van der Waals surface area contributed by atoms with E-state index in [0.29, 0.717) is 24.3 Å². The van der Waals surface area contributed by atoms with E-state index in [9.17, 15) is 61.9 Å². The van der Waals surface area contributed by atoms with Crippen LogP contribution in [0, 0.1) is 11.0 Å². The van der Waals surface area contributed by atoms with E-state index in [4.69, 9.17) is 2.82 Å². The minimum Gasteiger partial charge on any atom is -0.316 e. The molecule has 4 aromatic rings. The van der Waals surface area contributed by atoms with Gasteiger partial charge in [-0.05, 0) is 45.5 Å². The van der Waals surface area contributed by atoms with Gasteiger partial charge in [0.15, 0.2) is 9.49 Å². The Labute approximate surface area is 364 Å². The number of hydrogen-bond donors (Lipinski definition) is 6. The number of nitrogens with one attached hydrogen (secondary N) is 4. The van der Waals surface area contributed by atoms with E-state index in [2.05, 4.69) is 21.3 Å². The second kappa shape index (κ2) is 16.1. The highest BCUT2D eigenvalue weighted by Gasteiger charge is 2.57. The lowest BCUT2D eigenvalue weighted by Gasteiger charge is -2.39. The number of alkyl halides is 12. The second-order valence-corrected chi connectivity index (χ2v) is 17.6. The summed E-state index contributed by atoms with van der Waals surface area (Å²) in [6.45, 7) is 0. The van der Waals surface area contributed by atoms with Gasteiger partial charge in [-0.1, -0.05) is 72.8 Å². The van der Waals surface area contributed by atoms with Gasteiger partial charge in [0.25, 0.3) is 20.2 Å². The van der Waals surface area contributed by atoms with Gasteiger partial charge >= 0.3 is 36.5 Å². The molecule has 350 valence electrons. The number of fused-ring (bicyclic) bond motifs is 2. The summed E-state index contributed by atoms with van der Waals surface area (Å²) in [5.74, 6) is -5.37. The Morgan fingerprint density at radius 3 is 1.18 bits per heavy atom. The summed E-state index contributed by atoms with van der Waals surface area (Å²) in [6, 6.07) is 9.32. The summed E-state index contributed by atoms with van der Waals surface area (Å²) in [4.78, 5) is 24.1. The maximum absolute atomic E-state index is 15.3. The number of amides is 2. The van der Waals surface area contributed by atoms with E-state index >= 15 is 26.3 Å². The number of carbonyl (C=O) groups is 2. The summed E-state index contributed by atoms with van der Waals surface area (Å²) in [7, 11) is -12.1. The van der Waals surface area contributed by atoms with E-state index in [1.54, 1.807) is 0 Å². The summed E-state index contributed by atoms with van der Waals surface area (Å²) in [6.07, 6.45) is -25.8. The monoisotopic (exact) mass is 984 g/mol. The van der Waals surface area contributed by atoms with Gasteiger partial charge in [-0.3, -0.25) is 18.7 Å². The number of benzene rings is 4. The fourth-order valence-corrected chi connectivity index (χ4v) is 10.4. The Morgan fingerprint density at radius 2 is 0.894 bits per heavy atom. The Balaban J connectivity index is 1.63. The second-order valence-electron chi connectivity index (χ2n) is 14.3. The lowest BCUT2D eigenvalue weighted by atomic mass is 9.75. The molecule has 6 rings (SSSR count). The Hall–Kier alpha value is -6.52. The topological polar surface area (TPSA) is 239 Å². The normalized spacial score (nSPS) is 20.2. The lowest BCUT2D eigenvalue weighted by molar-refractivity contribution is -0.172. The van der Waals surface area contributed by atoms with Crippen molar-refractivity contribution in [2.24, 2.45) is 10.2 Å². The van der Waals surface area contributed by atoms with Crippen molar-refractivity contribution in [3.63, 3.8) is 0 Å². The zero-order valence-electron chi connectivity index (χ0n) is 34.0. The molecule has 66 heavy (non-hydrogen) atoms. The molecule has 2 amide bonds. The number of allylic oxidation sites excluding steroid dienone is 2. The van der Waals surface area contributed by atoms with Gasteiger partial charge in [0.1, 0.15) is 0 Å². The van der Waals surface area contributed by atoms with Crippen LogP contribution in [0.15, 0.2) is 107 Å². The summed E-state index contributed by atoms with van der Waals surface area (Å²) < 4.78 is 255. The molecule has 0 aromatic heterocycles. The van der Waals surface area contributed by atoms with Gasteiger partial charge in [-0.15, -0.1) is 0 Å². The first kappa shape index (κ1) is 46.0. The van der Waals surface area contributed by atoms with E-state index in [1.807, 2.05) is 0 Å². The first-order valence-electron chi connectivity index (χ1n) is 18.7. The van der Waals surface area contributed by atoms with Crippen molar-refractivity contribution in [1.82, 2.24) is 10.6 Å². The van der Waals surface area contributed by atoms with Crippen LogP contribution in [0.2, 0.25) is 2.82 Å². The quantitative estimate of drug-likeness (QED) is 0.0535. The van der Waals surface area contributed by atoms with E-state index < -0.39 is 158 Å². The van der Waals surface area contributed by atoms with E-state index in [-0.39, 0.29) is 12.1 Å². The summed E-state index contributed by atoms with van der Waals surface area (Å²) in [5, 5.41) is 9.27. The molecule has 2 aliphatic carbocycles. The molecule has 4 aromatic carbocycles. The molecule has 2 aliphatic rings. The molecular formula is C38H24F12N6O8S2. The molecule has 0 heterocycles. The maximum Gasteiger partial charge on any atom is 0.471 e. The average Bonchev–Trinajstić information content (AvgIpc) is 3.22. The molecule has 28 heteroatoms. The summed E-state index contributed by atoms with van der Waals surface area (Å²) >= 11 is 0. The van der Waals surface area contributed by atoms with E-state index in [0.717, 1.165) is 48.5 Å². The zero-order chi connectivity index (χ0) is 50.8. The molecule has 0 bridgehead atoms. The SMILES string of the molecule is [H]/N=N/C1=C(NC(=O)C(F)(F)F)c2ccccc2C(c2ccc(-c3ccc(C4(S(=O)(=O)O)CC(/N=N/[H])=C(NC(=O)C(F)(F)F)c5ccccc54)c(C(F)(F)F)c3)cc2C(F)(F)F)(S(=O)(=O)O)C1. The van der Waals surface area contributed by atoms with Crippen LogP contribution in [-0.4, -0.2) is 50.1 Å². The van der Waals surface area contributed by atoms with Crippen molar-refractivity contribution < 1.29 is 91.0 Å². The third-order valence-corrected chi connectivity index (χ3v) is 13.6. The first-order chi connectivity index (χ1) is 31.3. The van der Waals surface area contributed by atoms with Crippen LogP contribution in [0.5, 0.6) is 0 Å². The predicted molar refractivity (Wildman–Crippen MR) is 201 cm³/mol. The van der Waals surface area contributed by atoms with Gasteiger partial charge in [0.2, 0.25) is 2.82 Å². The standard InChI is InChI=1S/C38H24F12N6O8S2/c39-35(40,41)25-13-17(9-11-23(25)33(65(59,60)61)15-27(55-51)29(53-31(57)37(45,46)47)19-5-1-3-7-21(19)33)18-10-12-24(26(14-18)36(42,43)44)34(66(62,63)64)16-28(56-52)30(54-32(58)38(48,49)50)20-6-2-4-8-22(20)34/h1-14,51-52H,15-16H2,(H,53,57)(H,54,58)(H,59,60,61)(H,62,63,64)/b55-51+,56-52+. The van der Waals surface area contributed by atoms with Crippen molar-refractivity contribution in [2.45, 2.75) is 47.0 Å². The number of hydrogen-bond acceptors (Lipinski definition) is 10. The van der Waals surface area contributed by atoms with Crippen molar-refractivity contribution in [1.29, 1.82) is 11.0 Å². The first-order valence-corrected chi connectivity index (χ1v) is 20.6. The largest absolute Gasteiger partial charge is 0.471 e. The Morgan fingerprint density at radius 1 is 0.561 bits per heavy atom. The molecule has 2 unspecified atom stereocenters. The highest BCUT2D eigenvalue weighted by molar-refractivity contribution is 7.87.